The van der Waals surface area contributed by atoms with E-state index in [1.807, 2.05) is 0 Å². The van der Waals surface area contributed by atoms with Crippen LogP contribution in [-0.4, -0.2) is 27.3 Å². The standard InChI is InChI=1S/C15H18F3N5O/c1-10(13-22-20-9-23(13)2)21-14(24)19-8-7-11-3-5-12(6-4-11)15(16,17)18/h3-6,9-10H,7-8H2,1-2H3,(H2,19,21,24). The fourth-order valence-corrected chi connectivity index (χ4v) is 2.18. The van der Waals surface area contributed by atoms with Crippen molar-refractivity contribution in [2.24, 2.45) is 7.05 Å². The lowest BCUT2D eigenvalue weighted by atomic mass is 10.1. The highest BCUT2D eigenvalue weighted by Crippen LogP contribution is 2.29. The summed E-state index contributed by atoms with van der Waals surface area (Å²) in [7, 11) is 1.77. The lowest BCUT2D eigenvalue weighted by Crippen LogP contribution is -2.38. The second-order valence-corrected chi connectivity index (χ2v) is 5.37. The maximum absolute atomic E-state index is 12.5. The summed E-state index contributed by atoms with van der Waals surface area (Å²) in [5, 5.41) is 13.0. The van der Waals surface area contributed by atoms with Crippen LogP contribution in [0.25, 0.3) is 0 Å². The smallest absolute Gasteiger partial charge is 0.338 e. The van der Waals surface area contributed by atoms with Gasteiger partial charge in [0.05, 0.1) is 11.6 Å². The summed E-state index contributed by atoms with van der Waals surface area (Å²) in [4.78, 5) is 11.8. The fraction of sp³-hybridized carbons (Fsp3) is 0.400. The van der Waals surface area contributed by atoms with Crippen LogP contribution in [0.5, 0.6) is 0 Å². The van der Waals surface area contributed by atoms with E-state index in [0.717, 1.165) is 12.1 Å². The maximum Gasteiger partial charge on any atom is 0.416 e. The summed E-state index contributed by atoms with van der Waals surface area (Å²) in [6, 6.07) is 4.19. The van der Waals surface area contributed by atoms with Crippen LogP contribution < -0.4 is 10.6 Å². The van der Waals surface area contributed by atoms with Crippen molar-refractivity contribution >= 4 is 6.03 Å². The molecule has 24 heavy (non-hydrogen) atoms. The molecule has 130 valence electrons. The van der Waals surface area contributed by atoms with Crippen molar-refractivity contribution in [2.75, 3.05) is 6.54 Å². The quantitative estimate of drug-likeness (QED) is 0.877. The molecule has 0 aliphatic rings. The van der Waals surface area contributed by atoms with E-state index in [1.54, 1.807) is 18.5 Å². The Labute approximate surface area is 137 Å². The zero-order chi connectivity index (χ0) is 17.7. The normalized spacial score (nSPS) is 12.7. The molecule has 1 aromatic heterocycles. The molecule has 0 fully saturated rings. The zero-order valence-electron chi connectivity index (χ0n) is 13.3. The van der Waals surface area contributed by atoms with Crippen molar-refractivity contribution in [2.45, 2.75) is 25.6 Å². The average Bonchev–Trinajstić information content (AvgIpc) is 2.93. The molecule has 2 aromatic rings. The molecule has 0 aliphatic carbocycles. The monoisotopic (exact) mass is 341 g/mol. The number of nitrogens with zero attached hydrogens (tertiary/aromatic N) is 3. The fourth-order valence-electron chi connectivity index (χ4n) is 2.18. The Morgan fingerprint density at radius 2 is 1.96 bits per heavy atom. The highest BCUT2D eigenvalue weighted by atomic mass is 19.4. The van der Waals surface area contributed by atoms with Gasteiger partial charge in [0, 0.05) is 13.6 Å². The van der Waals surface area contributed by atoms with Crippen LogP contribution in [0.1, 0.15) is 29.9 Å². The third-order valence-electron chi connectivity index (χ3n) is 3.46. The molecular formula is C15H18F3N5O. The van der Waals surface area contributed by atoms with Crippen LogP contribution in [-0.2, 0) is 19.6 Å². The molecule has 6 nitrogen and oxygen atoms in total. The number of hydrogen-bond acceptors (Lipinski definition) is 3. The molecule has 0 bridgehead atoms. The largest absolute Gasteiger partial charge is 0.416 e. The first kappa shape index (κ1) is 17.8. The lowest BCUT2D eigenvalue weighted by Gasteiger charge is -2.14. The van der Waals surface area contributed by atoms with Crippen molar-refractivity contribution in [1.29, 1.82) is 0 Å². The van der Waals surface area contributed by atoms with Gasteiger partial charge in [-0.25, -0.2) is 4.79 Å². The first-order valence-corrected chi connectivity index (χ1v) is 7.32. The van der Waals surface area contributed by atoms with Crippen LogP contribution in [0.3, 0.4) is 0 Å². The summed E-state index contributed by atoms with van der Waals surface area (Å²) in [6.07, 6.45) is -2.37. The lowest BCUT2D eigenvalue weighted by molar-refractivity contribution is -0.137. The Hall–Kier alpha value is -2.58. The minimum Gasteiger partial charge on any atom is -0.338 e. The average molecular weight is 341 g/mol. The zero-order valence-corrected chi connectivity index (χ0v) is 13.3. The van der Waals surface area contributed by atoms with E-state index in [0.29, 0.717) is 24.4 Å². The Bertz CT molecular complexity index is 681. The van der Waals surface area contributed by atoms with Crippen LogP contribution in [0.4, 0.5) is 18.0 Å². The van der Waals surface area contributed by atoms with Crippen molar-refractivity contribution in [3.05, 3.63) is 47.5 Å². The minimum atomic E-state index is -4.34. The number of amides is 2. The Kier molecular flexibility index (Phi) is 5.42. The maximum atomic E-state index is 12.5. The van der Waals surface area contributed by atoms with Gasteiger partial charge in [0.2, 0.25) is 0 Å². The van der Waals surface area contributed by atoms with Gasteiger partial charge in [-0.2, -0.15) is 13.2 Å². The Morgan fingerprint density at radius 3 is 2.50 bits per heavy atom. The van der Waals surface area contributed by atoms with Crippen molar-refractivity contribution in [3.63, 3.8) is 0 Å². The van der Waals surface area contributed by atoms with Gasteiger partial charge in [-0.05, 0) is 31.0 Å². The number of hydrogen-bond donors (Lipinski definition) is 2. The molecule has 1 atom stereocenters. The first-order chi connectivity index (χ1) is 11.3. The molecule has 2 amide bonds. The number of nitrogens with one attached hydrogen (secondary N) is 2. The number of carbonyl (C=O) groups is 1. The molecule has 9 heteroatoms. The predicted octanol–water partition coefficient (Wildman–Crippen LogP) is 2.44. The van der Waals surface area contributed by atoms with Crippen molar-refractivity contribution in [1.82, 2.24) is 25.4 Å². The number of benzene rings is 1. The summed E-state index contributed by atoms with van der Waals surface area (Å²) in [5.41, 5.74) is 0.0269. The molecule has 1 unspecified atom stereocenters. The second-order valence-electron chi connectivity index (χ2n) is 5.37. The second kappa shape index (κ2) is 7.33. The van der Waals surface area contributed by atoms with Crippen molar-refractivity contribution < 1.29 is 18.0 Å². The SMILES string of the molecule is CC(NC(=O)NCCc1ccc(C(F)(F)F)cc1)c1nncn1C. The molecule has 0 spiro atoms. The summed E-state index contributed by atoms with van der Waals surface area (Å²) in [6.45, 7) is 2.09. The molecular weight excluding hydrogens is 323 g/mol. The van der Waals surface area contributed by atoms with Gasteiger partial charge in [-0.3, -0.25) is 0 Å². The molecule has 0 radical (unpaired) electrons. The third kappa shape index (κ3) is 4.71. The number of aromatic nitrogens is 3. The van der Waals surface area contributed by atoms with Crippen LogP contribution in [0.15, 0.2) is 30.6 Å². The molecule has 2 N–H and O–H groups in total. The van der Waals surface area contributed by atoms with E-state index in [9.17, 15) is 18.0 Å². The third-order valence-corrected chi connectivity index (χ3v) is 3.46. The first-order valence-electron chi connectivity index (χ1n) is 7.32. The Morgan fingerprint density at radius 1 is 1.29 bits per heavy atom. The van der Waals surface area contributed by atoms with Gasteiger partial charge in [-0.15, -0.1) is 10.2 Å². The summed E-state index contributed by atoms with van der Waals surface area (Å²) >= 11 is 0. The van der Waals surface area contributed by atoms with E-state index in [1.165, 1.54) is 18.5 Å². The summed E-state index contributed by atoms with van der Waals surface area (Å²) in [5.74, 6) is 0.618. The molecule has 0 saturated heterocycles. The molecule has 2 rings (SSSR count). The Balaban J connectivity index is 1.77. The van der Waals surface area contributed by atoms with Gasteiger partial charge >= 0.3 is 12.2 Å². The van der Waals surface area contributed by atoms with Gasteiger partial charge in [0.25, 0.3) is 0 Å². The van der Waals surface area contributed by atoms with Crippen molar-refractivity contribution in [3.8, 4) is 0 Å². The highest BCUT2D eigenvalue weighted by molar-refractivity contribution is 5.74. The van der Waals surface area contributed by atoms with Crippen LogP contribution in [0, 0.1) is 0 Å². The van der Waals surface area contributed by atoms with Gasteiger partial charge in [0.15, 0.2) is 5.82 Å². The number of halogens is 3. The molecule has 0 aliphatic heterocycles. The number of alkyl halides is 3. The minimum absolute atomic E-state index is 0.308. The van der Waals surface area contributed by atoms with Gasteiger partial charge < -0.3 is 15.2 Å². The van der Waals surface area contributed by atoms with Gasteiger partial charge in [0.1, 0.15) is 6.33 Å². The molecule has 1 aromatic carbocycles. The van der Waals surface area contributed by atoms with E-state index >= 15 is 0 Å². The highest BCUT2D eigenvalue weighted by Gasteiger charge is 2.29. The molecule has 0 saturated carbocycles. The van der Waals surface area contributed by atoms with Crippen LogP contribution >= 0.6 is 0 Å². The van der Waals surface area contributed by atoms with Crippen LogP contribution in [0.2, 0.25) is 0 Å². The number of aryl methyl sites for hydroxylation is 1. The van der Waals surface area contributed by atoms with E-state index < -0.39 is 11.7 Å². The predicted molar refractivity (Wildman–Crippen MR) is 81.1 cm³/mol. The number of carbonyl (C=O) groups excluding carboxylic acids is 1. The molecule has 1 heterocycles. The summed E-state index contributed by atoms with van der Waals surface area (Å²) < 4.78 is 39.1. The van der Waals surface area contributed by atoms with Gasteiger partial charge in [-0.1, -0.05) is 12.1 Å². The number of rotatable bonds is 5. The topological polar surface area (TPSA) is 71.8 Å². The number of urea groups is 1. The van der Waals surface area contributed by atoms with E-state index in [-0.39, 0.29) is 12.1 Å². The van der Waals surface area contributed by atoms with E-state index in [2.05, 4.69) is 20.8 Å². The van der Waals surface area contributed by atoms with E-state index in [4.69, 9.17) is 0 Å².